The fourth-order valence-electron chi connectivity index (χ4n) is 6.87. The molecule has 0 aliphatic rings. The van der Waals surface area contributed by atoms with E-state index in [2.05, 4.69) is 22.7 Å². The van der Waals surface area contributed by atoms with Gasteiger partial charge < -0.3 is 20.5 Å². The molecule has 5 rings (SSSR count). The number of benzene rings is 4. The lowest BCUT2D eigenvalue weighted by atomic mass is 9.86. The molecule has 58 heavy (non-hydrogen) atoms. The molecule has 0 aliphatic heterocycles. The third kappa shape index (κ3) is 11.9. The van der Waals surface area contributed by atoms with E-state index < -0.39 is 17.6 Å². The molecule has 0 bridgehead atoms. The van der Waals surface area contributed by atoms with Crippen molar-refractivity contribution in [1.29, 1.82) is 0 Å². The molecule has 1 atom stereocenters. The maximum Gasteiger partial charge on any atom is 0.281 e. The van der Waals surface area contributed by atoms with Crippen LogP contribution in [0.2, 0.25) is 15.1 Å². The molecule has 0 radical (unpaired) electrons. The van der Waals surface area contributed by atoms with E-state index in [1.165, 1.54) is 61.8 Å². The Morgan fingerprint density at radius 3 is 2.07 bits per heavy atom. The van der Waals surface area contributed by atoms with Crippen LogP contribution >= 0.6 is 34.8 Å². The number of unbranched alkanes of at least 4 members (excludes halogenated alkanes) is 9. The molecule has 2 amide bonds. The summed E-state index contributed by atoms with van der Waals surface area (Å²) in [5.41, 5.74) is 1.42. The Bertz CT molecular complexity index is 2210. The number of nitrogens with zero attached hydrogens (tertiary/aromatic N) is 1. The number of ether oxygens (including phenoxy) is 1. The van der Waals surface area contributed by atoms with Gasteiger partial charge in [0.2, 0.25) is 0 Å². The fourth-order valence-corrected chi connectivity index (χ4v) is 7.85. The predicted octanol–water partition coefficient (Wildman–Crippen LogP) is 12.7. The van der Waals surface area contributed by atoms with Gasteiger partial charge in [0.15, 0.2) is 6.10 Å². The van der Waals surface area contributed by atoms with Gasteiger partial charge in [0, 0.05) is 21.8 Å². The number of hydrogen-bond donors (Lipinski definition) is 4. The molecule has 1 heterocycles. The molecule has 4 aromatic carbocycles. The van der Waals surface area contributed by atoms with Gasteiger partial charge in [-0.25, -0.2) is 4.68 Å². The van der Waals surface area contributed by atoms with Gasteiger partial charge in [-0.15, -0.1) is 0 Å². The Balaban J connectivity index is 1.33. The maximum absolute atomic E-state index is 13.9. The van der Waals surface area contributed by atoms with Gasteiger partial charge >= 0.3 is 0 Å². The quantitative estimate of drug-likeness (QED) is 0.0616. The van der Waals surface area contributed by atoms with Crippen molar-refractivity contribution in [3.63, 3.8) is 0 Å². The molecular formula is C46H53Cl3N4O5. The van der Waals surface area contributed by atoms with Gasteiger partial charge in [0.05, 0.1) is 15.6 Å². The third-order valence-electron chi connectivity index (χ3n) is 9.96. The van der Waals surface area contributed by atoms with E-state index in [1.54, 1.807) is 66.7 Å². The molecule has 5 aromatic rings. The van der Waals surface area contributed by atoms with Crippen molar-refractivity contribution in [2.75, 3.05) is 10.6 Å². The van der Waals surface area contributed by atoms with Crippen molar-refractivity contribution in [2.45, 2.75) is 110 Å². The number of carbonyl (C=O) groups excluding carboxylic acids is 2. The highest BCUT2D eigenvalue weighted by Crippen LogP contribution is 2.35. The highest BCUT2D eigenvalue weighted by molar-refractivity contribution is 6.40. The first kappa shape index (κ1) is 44.4. The lowest BCUT2D eigenvalue weighted by Crippen LogP contribution is -2.33. The van der Waals surface area contributed by atoms with Gasteiger partial charge in [0.1, 0.15) is 23.0 Å². The van der Waals surface area contributed by atoms with Crippen molar-refractivity contribution in [1.82, 2.24) is 9.78 Å². The summed E-state index contributed by atoms with van der Waals surface area (Å²) in [5.74, 6) is -0.124. The number of rotatable bonds is 19. The zero-order valence-electron chi connectivity index (χ0n) is 33.6. The second-order valence-corrected chi connectivity index (χ2v) is 16.9. The molecule has 0 spiro atoms. The fraction of sp³-hybridized carbons (Fsp3) is 0.370. The summed E-state index contributed by atoms with van der Waals surface area (Å²) in [7, 11) is 0. The average Bonchev–Trinajstić information content (AvgIpc) is 3.49. The molecule has 0 saturated carbocycles. The van der Waals surface area contributed by atoms with E-state index in [4.69, 9.17) is 39.5 Å². The Kier molecular flexibility index (Phi) is 15.9. The summed E-state index contributed by atoms with van der Waals surface area (Å²) in [6.45, 7) is 8.24. The van der Waals surface area contributed by atoms with E-state index in [0.717, 1.165) is 19.3 Å². The average molecular weight is 848 g/mol. The Hall–Kier alpha value is -4.70. The zero-order chi connectivity index (χ0) is 41.8. The standard InChI is InChI=1S/C46H53Cl3N4O5/c1-5-6-7-8-9-10-11-12-13-17-23-39(58-34-24-25-38(54)35(29-34)46(2,3)4)44(56)50-33-22-18-21-31(26-33)43(55)51-42-40(30-19-15-14-16-20-30)45(57)53(52-42)41-36(48)27-32(47)28-37(41)49/h14-16,18-22,24-29,39,52,54H,5-13,17,23H2,1-4H3,(H,50,56)(H,51,55). The second-order valence-electron chi connectivity index (χ2n) is 15.6. The van der Waals surface area contributed by atoms with Gasteiger partial charge in [-0.3, -0.25) is 19.5 Å². The first-order chi connectivity index (χ1) is 27.8. The number of aromatic amines is 1. The van der Waals surface area contributed by atoms with E-state index in [1.807, 2.05) is 26.8 Å². The van der Waals surface area contributed by atoms with Crippen molar-refractivity contribution in [3.05, 3.63) is 121 Å². The summed E-state index contributed by atoms with van der Waals surface area (Å²) >= 11 is 19.1. The van der Waals surface area contributed by atoms with E-state index >= 15 is 0 Å². The number of aromatic hydroxyl groups is 1. The van der Waals surface area contributed by atoms with E-state index in [-0.39, 0.29) is 49.7 Å². The number of hydrogen-bond acceptors (Lipinski definition) is 5. The van der Waals surface area contributed by atoms with E-state index in [0.29, 0.717) is 34.0 Å². The van der Waals surface area contributed by atoms with Gasteiger partial charge in [-0.05, 0) is 72.4 Å². The first-order valence-corrected chi connectivity index (χ1v) is 21.2. The number of nitrogens with one attached hydrogen (secondary N) is 3. The molecule has 0 saturated heterocycles. The maximum atomic E-state index is 13.9. The number of aromatic nitrogens is 2. The van der Waals surface area contributed by atoms with E-state index in [9.17, 15) is 19.5 Å². The Morgan fingerprint density at radius 1 is 0.793 bits per heavy atom. The number of carbonyl (C=O) groups is 2. The summed E-state index contributed by atoms with van der Waals surface area (Å²) < 4.78 is 7.51. The summed E-state index contributed by atoms with van der Waals surface area (Å²) in [4.78, 5) is 41.7. The molecule has 1 unspecified atom stereocenters. The number of amides is 2. The van der Waals surface area contributed by atoms with Crippen molar-refractivity contribution in [3.8, 4) is 28.3 Å². The monoisotopic (exact) mass is 846 g/mol. The second kappa shape index (κ2) is 20.8. The van der Waals surface area contributed by atoms with Crippen LogP contribution in [0.15, 0.2) is 89.7 Å². The molecule has 308 valence electrons. The topological polar surface area (TPSA) is 125 Å². The zero-order valence-corrected chi connectivity index (χ0v) is 35.9. The number of anilines is 2. The molecule has 0 fully saturated rings. The first-order valence-electron chi connectivity index (χ1n) is 20.0. The van der Waals surface area contributed by atoms with Crippen LogP contribution in [0.4, 0.5) is 11.5 Å². The van der Waals surface area contributed by atoms with Crippen LogP contribution in [0, 0.1) is 0 Å². The molecule has 4 N–H and O–H groups in total. The minimum Gasteiger partial charge on any atom is -0.508 e. The van der Waals surface area contributed by atoms with Gasteiger partial charge in [-0.1, -0.05) is 157 Å². The highest BCUT2D eigenvalue weighted by atomic mass is 35.5. The minimum atomic E-state index is -0.825. The van der Waals surface area contributed by atoms with Gasteiger partial charge in [-0.2, -0.15) is 0 Å². The molecule has 1 aromatic heterocycles. The number of phenols is 1. The Labute approximate surface area is 356 Å². The molecule has 12 heteroatoms. The van der Waals surface area contributed by atoms with Crippen LogP contribution in [-0.4, -0.2) is 32.8 Å². The largest absolute Gasteiger partial charge is 0.508 e. The lowest BCUT2D eigenvalue weighted by Gasteiger charge is -2.23. The van der Waals surface area contributed by atoms with Crippen LogP contribution in [0.3, 0.4) is 0 Å². The number of H-pyrrole nitrogens is 1. The minimum absolute atomic E-state index is 0.117. The normalized spacial score (nSPS) is 12.0. The predicted molar refractivity (Wildman–Crippen MR) is 238 cm³/mol. The molecule has 0 aliphatic carbocycles. The summed E-state index contributed by atoms with van der Waals surface area (Å²) in [5, 5.41) is 19.9. The van der Waals surface area contributed by atoms with Crippen LogP contribution in [0.5, 0.6) is 11.5 Å². The SMILES string of the molecule is CCCCCCCCCCCCC(Oc1ccc(O)c(C(C)(C)C)c1)C(=O)Nc1cccc(C(=O)Nc2[nH]n(-c3c(Cl)cc(Cl)cc3Cl)c(=O)c2-c2ccccc2)c1. The molecule has 9 nitrogen and oxygen atoms in total. The third-order valence-corrected chi connectivity index (χ3v) is 10.8. The highest BCUT2D eigenvalue weighted by Gasteiger charge is 2.25. The number of halogens is 3. The summed E-state index contributed by atoms with van der Waals surface area (Å²) in [6, 6.07) is 23.4. The van der Waals surface area contributed by atoms with Crippen LogP contribution < -0.4 is 20.9 Å². The smallest absolute Gasteiger partial charge is 0.281 e. The van der Waals surface area contributed by atoms with Crippen molar-refractivity contribution in [2.24, 2.45) is 0 Å². The number of phenolic OH excluding ortho intramolecular Hbond substituents is 1. The Morgan fingerprint density at radius 2 is 1.43 bits per heavy atom. The van der Waals surface area contributed by atoms with Crippen molar-refractivity contribution < 1.29 is 19.4 Å². The lowest BCUT2D eigenvalue weighted by molar-refractivity contribution is -0.123. The van der Waals surface area contributed by atoms with Crippen LogP contribution in [-0.2, 0) is 10.2 Å². The van der Waals surface area contributed by atoms with Gasteiger partial charge in [0.25, 0.3) is 17.4 Å². The molecular weight excluding hydrogens is 795 g/mol. The van der Waals surface area contributed by atoms with Crippen LogP contribution in [0.25, 0.3) is 16.8 Å². The van der Waals surface area contributed by atoms with Crippen molar-refractivity contribution >= 4 is 58.1 Å². The van der Waals surface area contributed by atoms with Crippen LogP contribution in [0.1, 0.15) is 114 Å². The summed E-state index contributed by atoms with van der Waals surface area (Å²) in [6.07, 6.45) is 11.3.